The molecule has 0 radical (unpaired) electrons. The SMILES string of the molecule is Cc1cccc(C(=O)N(C)Cc2nccn2C)c1Br. The van der Waals surface area contributed by atoms with Crippen LogP contribution in [0.25, 0.3) is 0 Å². The number of amides is 1. The minimum absolute atomic E-state index is 0.0152. The van der Waals surface area contributed by atoms with Crippen LogP contribution < -0.4 is 0 Å². The van der Waals surface area contributed by atoms with Crippen LogP contribution in [0.4, 0.5) is 0 Å². The zero-order valence-electron chi connectivity index (χ0n) is 11.2. The average molecular weight is 322 g/mol. The third-order valence-electron chi connectivity index (χ3n) is 3.07. The van der Waals surface area contributed by atoms with Crippen LogP contribution in [0.3, 0.4) is 0 Å². The Kier molecular flexibility index (Phi) is 4.04. The lowest BCUT2D eigenvalue weighted by atomic mass is 10.1. The molecule has 1 aromatic heterocycles. The van der Waals surface area contributed by atoms with Crippen LogP contribution in [0, 0.1) is 6.92 Å². The van der Waals surface area contributed by atoms with Gasteiger partial charge in [-0.25, -0.2) is 4.98 Å². The molecule has 19 heavy (non-hydrogen) atoms. The van der Waals surface area contributed by atoms with Crippen molar-refractivity contribution in [3.8, 4) is 0 Å². The molecule has 0 aliphatic rings. The van der Waals surface area contributed by atoms with Crippen molar-refractivity contribution in [2.75, 3.05) is 7.05 Å². The molecule has 2 aromatic rings. The van der Waals surface area contributed by atoms with E-state index in [-0.39, 0.29) is 5.91 Å². The number of nitrogens with zero attached hydrogens (tertiary/aromatic N) is 3. The van der Waals surface area contributed by atoms with Gasteiger partial charge in [-0.2, -0.15) is 0 Å². The summed E-state index contributed by atoms with van der Waals surface area (Å²) >= 11 is 3.47. The third kappa shape index (κ3) is 2.87. The van der Waals surface area contributed by atoms with Crippen molar-refractivity contribution in [1.82, 2.24) is 14.5 Å². The van der Waals surface area contributed by atoms with Crippen molar-refractivity contribution < 1.29 is 4.79 Å². The molecule has 0 saturated heterocycles. The van der Waals surface area contributed by atoms with E-state index in [0.29, 0.717) is 12.1 Å². The van der Waals surface area contributed by atoms with Gasteiger partial charge in [-0.1, -0.05) is 12.1 Å². The zero-order chi connectivity index (χ0) is 14.0. The molecule has 0 aliphatic heterocycles. The second-order valence-electron chi connectivity index (χ2n) is 4.55. The maximum Gasteiger partial charge on any atom is 0.255 e. The van der Waals surface area contributed by atoms with E-state index >= 15 is 0 Å². The first kappa shape index (κ1) is 13.8. The van der Waals surface area contributed by atoms with Crippen LogP contribution in [0.5, 0.6) is 0 Å². The summed E-state index contributed by atoms with van der Waals surface area (Å²) < 4.78 is 2.77. The van der Waals surface area contributed by atoms with E-state index in [0.717, 1.165) is 15.9 Å². The number of benzene rings is 1. The van der Waals surface area contributed by atoms with Crippen LogP contribution >= 0.6 is 15.9 Å². The molecule has 1 amide bonds. The summed E-state index contributed by atoms with van der Waals surface area (Å²) in [5.74, 6) is 0.846. The molecule has 0 bridgehead atoms. The molecule has 2 rings (SSSR count). The summed E-state index contributed by atoms with van der Waals surface area (Å²) in [7, 11) is 3.70. The summed E-state index contributed by atoms with van der Waals surface area (Å²) in [5.41, 5.74) is 1.73. The van der Waals surface area contributed by atoms with Gasteiger partial charge in [0.25, 0.3) is 5.91 Å². The topological polar surface area (TPSA) is 38.1 Å². The molecule has 5 heteroatoms. The van der Waals surface area contributed by atoms with Crippen molar-refractivity contribution in [1.29, 1.82) is 0 Å². The Morgan fingerprint density at radius 3 is 2.84 bits per heavy atom. The van der Waals surface area contributed by atoms with Crippen LogP contribution in [0.1, 0.15) is 21.7 Å². The normalized spacial score (nSPS) is 10.5. The fourth-order valence-electron chi connectivity index (χ4n) is 1.85. The van der Waals surface area contributed by atoms with Crippen LogP contribution in [0.2, 0.25) is 0 Å². The van der Waals surface area contributed by atoms with Crippen LogP contribution in [0.15, 0.2) is 35.1 Å². The lowest BCUT2D eigenvalue weighted by Crippen LogP contribution is -2.27. The van der Waals surface area contributed by atoms with Crippen molar-refractivity contribution >= 4 is 21.8 Å². The van der Waals surface area contributed by atoms with Crippen molar-refractivity contribution in [3.05, 3.63) is 52.0 Å². The number of hydrogen-bond acceptors (Lipinski definition) is 2. The van der Waals surface area contributed by atoms with E-state index in [1.54, 1.807) is 18.1 Å². The Bertz CT molecular complexity index is 606. The van der Waals surface area contributed by atoms with E-state index in [9.17, 15) is 4.79 Å². The molecule has 4 nitrogen and oxygen atoms in total. The highest BCUT2D eigenvalue weighted by Crippen LogP contribution is 2.22. The largest absolute Gasteiger partial charge is 0.337 e. The molecule has 1 aromatic carbocycles. The molecule has 0 atom stereocenters. The smallest absolute Gasteiger partial charge is 0.255 e. The van der Waals surface area contributed by atoms with Gasteiger partial charge < -0.3 is 9.47 Å². The predicted molar refractivity (Wildman–Crippen MR) is 77.9 cm³/mol. The van der Waals surface area contributed by atoms with Gasteiger partial charge in [0.05, 0.1) is 12.1 Å². The Labute approximate surface area is 121 Å². The summed E-state index contributed by atoms with van der Waals surface area (Å²) in [6.07, 6.45) is 3.60. The maximum atomic E-state index is 12.4. The molecule has 0 saturated carbocycles. The number of hydrogen-bond donors (Lipinski definition) is 0. The first-order valence-electron chi connectivity index (χ1n) is 5.97. The van der Waals surface area contributed by atoms with Gasteiger partial charge in [0, 0.05) is 31.0 Å². The molecule has 0 N–H and O–H groups in total. The number of aromatic nitrogens is 2. The minimum atomic E-state index is -0.0152. The molecule has 100 valence electrons. The van der Waals surface area contributed by atoms with Gasteiger partial charge in [-0.05, 0) is 34.5 Å². The fourth-order valence-corrected chi connectivity index (χ4v) is 2.28. The molecular formula is C14H16BrN3O. The summed E-state index contributed by atoms with van der Waals surface area (Å²) in [6.45, 7) is 2.46. The lowest BCUT2D eigenvalue weighted by Gasteiger charge is -2.18. The highest BCUT2D eigenvalue weighted by atomic mass is 79.9. The first-order chi connectivity index (χ1) is 9.00. The highest BCUT2D eigenvalue weighted by molar-refractivity contribution is 9.10. The number of imidazole rings is 1. The summed E-state index contributed by atoms with van der Waals surface area (Å²) in [5, 5.41) is 0. The van der Waals surface area contributed by atoms with Gasteiger partial charge in [0.1, 0.15) is 5.82 Å². The van der Waals surface area contributed by atoms with Crippen LogP contribution in [-0.4, -0.2) is 27.4 Å². The van der Waals surface area contributed by atoms with E-state index < -0.39 is 0 Å². The summed E-state index contributed by atoms with van der Waals surface area (Å²) in [4.78, 5) is 18.3. The quantitative estimate of drug-likeness (QED) is 0.871. The van der Waals surface area contributed by atoms with Crippen LogP contribution in [-0.2, 0) is 13.6 Å². The number of carbonyl (C=O) groups is 1. The Hall–Kier alpha value is -1.62. The Morgan fingerprint density at radius 2 is 2.21 bits per heavy atom. The van der Waals surface area contributed by atoms with Gasteiger partial charge in [-0.15, -0.1) is 0 Å². The second kappa shape index (κ2) is 5.57. The van der Waals surface area contributed by atoms with E-state index in [1.165, 1.54) is 0 Å². The van der Waals surface area contributed by atoms with Gasteiger partial charge >= 0.3 is 0 Å². The molecule has 1 heterocycles. The number of aryl methyl sites for hydroxylation is 2. The lowest BCUT2D eigenvalue weighted by molar-refractivity contribution is 0.0779. The number of halogens is 1. The van der Waals surface area contributed by atoms with E-state index in [2.05, 4.69) is 20.9 Å². The van der Waals surface area contributed by atoms with Gasteiger partial charge in [-0.3, -0.25) is 4.79 Å². The monoisotopic (exact) mass is 321 g/mol. The van der Waals surface area contributed by atoms with E-state index in [1.807, 2.05) is 42.9 Å². The minimum Gasteiger partial charge on any atom is -0.337 e. The standard InChI is InChI=1S/C14H16BrN3O/c1-10-5-4-6-11(13(10)15)14(19)18(3)9-12-16-7-8-17(12)2/h4-8H,9H2,1-3H3. The second-order valence-corrected chi connectivity index (χ2v) is 5.35. The summed E-state index contributed by atoms with van der Waals surface area (Å²) in [6, 6.07) is 5.69. The zero-order valence-corrected chi connectivity index (χ0v) is 12.8. The Balaban J connectivity index is 2.20. The number of carbonyl (C=O) groups excluding carboxylic acids is 1. The van der Waals surface area contributed by atoms with E-state index in [4.69, 9.17) is 0 Å². The fraction of sp³-hybridized carbons (Fsp3) is 0.286. The molecule has 0 fully saturated rings. The predicted octanol–water partition coefficient (Wildman–Crippen LogP) is 2.76. The van der Waals surface area contributed by atoms with Gasteiger partial charge in [0.2, 0.25) is 0 Å². The van der Waals surface area contributed by atoms with Crippen molar-refractivity contribution in [3.63, 3.8) is 0 Å². The highest BCUT2D eigenvalue weighted by Gasteiger charge is 2.17. The molecule has 0 spiro atoms. The maximum absolute atomic E-state index is 12.4. The third-order valence-corrected chi connectivity index (χ3v) is 4.12. The van der Waals surface area contributed by atoms with Crippen molar-refractivity contribution in [2.24, 2.45) is 7.05 Å². The molecule has 0 unspecified atom stereocenters. The first-order valence-corrected chi connectivity index (χ1v) is 6.76. The number of rotatable bonds is 3. The Morgan fingerprint density at radius 1 is 1.47 bits per heavy atom. The molecular weight excluding hydrogens is 306 g/mol. The molecule has 0 aliphatic carbocycles. The van der Waals surface area contributed by atoms with Gasteiger partial charge in [0.15, 0.2) is 0 Å². The van der Waals surface area contributed by atoms with Crippen molar-refractivity contribution in [2.45, 2.75) is 13.5 Å². The average Bonchev–Trinajstić information content (AvgIpc) is 2.77.